The highest BCUT2D eigenvalue weighted by atomic mass is 14.9. The Morgan fingerprint density at radius 1 is 1.25 bits per heavy atom. The summed E-state index contributed by atoms with van der Waals surface area (Å²) in [6.07, 6.45) is 4.16. The molecule has 0 radical (unpaired) electrons. The molecule has 2 nitrogen and oxygen atoms in total. The van der Waals surface area contributed by atoms with Crippen LogP contribution in [0.5, 0.6) is 0 Å². The molecule has 1 aromatic heterocycles. The van der Waals surface area contributed by atoms with Crippen molar-refractivity contribution in [1.29, 1.82) is 0 Å². The molecular weight excluding hydrogens is 196 g/mol. The second-order valence-electron chi connectivity index (χ2n) is 4.33. The van der Waals surface area contributed by atoms with Crippen molar-refractivity contribution in [3.05, 3.63) is 36.0 Å². The number of aryl methyl sites for hydroxylation is 1. The van der Waals surface area contributed by atoms with Gasteiger partial charge in [0.05, 0.1) is 5.52 Å². The zero-order valence-electron chi connectivity index (χ0n) is 10.1. The van der Waals surface area contributed by atoms with Crippen molar-refractivity contribution in [2.45, 2.75) is 39.3 Å². The number of rotatable bonds is 4. The minimum Gasteiger partial charge on any atom is -0.348 e. The molecule has 16 heavy (non-hydrogen) atoms. The molecule has 1 unspecified atom stereocenters. The van der Waals surface area contributed by atoms with Crippen LogP contribution in [0.4, 0.5) is 0 Å². The second kappa shape index (κ2) is 4.71. The first-order valence-corrected chi connectivity index (χ1v) is 6.08. The standard InChI is InChI=1S/C14H20N2/c1-3-13(15)10-12-7-5-6-11-8-9-16(4-2)14(11)12/h5-9,13H,3-4,10,15H2,1-2H3. The maximum atomic E-state index is 6.05. The summed E-state index contributed by atoms with van der Waals surface area (Å²) in [7, 11) is 0. The molecule has 86 valence electrons. The van der Waals surface area contributed by atoms with E-state index in [1.54, 1.807) is 0 Å². The average molecular weight is 216 g/mol. The van der Waals surface area contributed by atoms with E-state index in [0.29, 0.717) is 0 Å². The van der Waals surface area contributed by atoms with Crippen molar-refractivity contribution in [1.82, 2.24) is 4.57 Å². The van der Waals surface area contributed by atoms with Crippen LogP contribution in [0.1, 0.15) is 25.8 Å². The molecule has 0 amide bonds. The lowest BCUT2D eigenvalue weighted by atomic mass is 10.0. The third-order valence-corrected chi connectivity index (χ3v) is 3.22. The molecule has 0 bridgehead atoms. The van der Waals surface area contributed by atoms with Gasteiger partial charge >= 0.3 is 0 Å². The van der Waals surface area contributed by atoms with Crippen molar-refractivity contribution in [3.63, 3.8) is 0 Å². The van der Waals surface area contributed by atoms with Crippen molar-refractivity contribution in [2.24, 2.45) is 5.73 Å². The molecule has 1 aromatic carbocycles. The summed E-state index contributed by atoms with van der Waals surface area (Å²) in [6, 6.07) is 8.94. The number of nitrogens with two attached hydrogens (primary N) is 1. The molecule has 1 atom stereocenters. The van der Waals surface area contributed by atoms with Gasteiger partial charge in [0.25, 0.3) is 0 Å². The molecule has 0 saturated carbocycles. The van der Waals surface area contributed by atoms with Gasteiger partial charge in [-0.15, -0.1) is 0 Å². The van der Waals surface area contributed by atoms with Gasteiger partial charge in [-0.05, 0) is 36.8 Å². The van der Waals surface area contributed by atoms with Gasteiger partial charge < -0.3 is 10.3 Å². The Hall–Kier alpha value is -1.28. The smallest absolute Gasteiger partial charge is 0.0513 e. The van der Waals surface area contributed by atoms with Gasteiger partial charge in [-0.3, -0.25) is 0 Å². The molecule has 2 N–H and O–H groups in total. The zero-order valence-corrected chi connectivity index (χ0v) is 10.1. The van der Waals surface area contributed by atoms with Crippen LogP contribution in [0.3, 0.4) is 0 Å². The number of fused-ring (bicyclic) bond motifs is 1. The van der Waals surface area contributed by atoms with E-state index in [1.165, 1.54) is 16.5 Å². The number of hydrogen-bond acceptors (Lipinski definition) is 1. The molecule has 2 heteroatoms. The van der Waals surface area contributed by atoms with Gasteiger partial charge in [0.15, 0.2) is 0 Å². The fourth-order valence-electron chi connectivity index (χ4n) is 2.20. The Bertz CT molecular complexity index is 471. The van der Waals surface area contributed by atoms with Crippen LogP contribution in [-0.4, -0.2) is 10.6 Å². The SMILES string of the molecule is CCC(N)Cc1cccc2ccn(CC)c12. The molecule has 2 rings (SSSR count). The Balaban J connectivity index is 2.46. The van der Waals surface area contributed by atoms with Crippen molar-refractivity contribution in [2.75, 3.05) is 0 Å². The van der Waals surface area contributed by atoms with Gasteiger partial charge in [0, 0.05) is 18.8 Å². The Morgan fingerprint density at radius 3 is 2.75 bits per heavy atom. The fourth-order valence-corrected chi connectivity index (χ4v) is 2.20. The van der Waals surface area contributed by atoms with Gasteiger partial charge in [-0.1, -0.05) is 25.1 Å². The van der Waals surface area contributed by atoms with Crippen molar-refractivity contribution >= 4 is 10.9 Å². The lowest BCUT2D eigenvalue weighted by molar-refractivity contribution is 0.646. The number of benzene rings is 1. The molecule has 0 aliphatic rings. The Labute approximate surface area is 97.1 Å². The van der Waals surface area contributed by atoms with E-state index in [-0.39, 0.29) is 6.04 Å². The summed E-state index contributed by atoms with van der Waals surface area (Å²) in [5, 5.41) is 1.32. The molecule has 0 aliphatic carbocycles. The monoisotopic (exact) mass is 216 g/mol. The van der Waals surface area contributed by atoms with E-state index < -0.39 is 0 Å². The first kappa shape index (κ1) is 11.2. The van der Waals surface area contributed by atoms with Gasteiger partial charge in [-0.2, -0.15) is 0 Å². The lowest BCUT2D eigenvalue weighted by Crippen LogP contribution is -2.21. The molecule has 0 saturated heterocycles. The average Bonchev–Trinajstić information content (AvgIpc) is 2.73. The minimum atomic E-state index is 0.269. The highest BCUT2D eigenvalue weighted by Crippen LogP contribution is 2.21. The molecule has 0 aliphatic heterocycles. The van der Waals surface area contributed by atoms with E-state index in [2.05, 4.69) is 48.9 Å². The van der Waals surface area contributed by atoms with Crippen LogP contribution in [0.15, 0.2) is 30.5 Å². The first-order valence-electron chi connectivity index (χ1n) is 6.08. The Morgan fingerprint density at radius 2 is 2.06 bits per heavy atom. The van der Waals surface area contributed by atoms with Crippen molar-refractivity contribution < 1.29 is 0 Å². The zero-order chi connectivity index (χ0) is 11.5. The van der Waals surface area contributed by atoms with E-state index in [4.69, 9.17) is 5.73 Å². The van der Waals surface area contributed by atoms with Crippen LogP contribution < -0.4 is 5.73 Å². The number of para-hydroxylation sites is 1. The molecule has 1 heterocycles. The van der Waals surface area contributed by atoms with Crippen LogP contribution >= 0.6 is 0 Å². The third-order valence-electron chi connectivity index (χ3n) is 3.22. The van der Waals surface area contributed by atoms with Gasteiger partial charge in [-0.25, -0.2) is 0 Å². The van der Waals surface area contributed by atoms with Gasteiger partial charge in [0.2, 0.25) is 0 Å². The normalized spacial score (nSPS) is 13.2. The van der Waals surface area contributed by atoms with E-state index in [9.17, 15) is 0 Å². The maximum absolute atomic E-state index is 6.05. The molecule has 2 aromatic rings. The van der Waals surface area contributed by atoms with Crippen LogP contribution in [-0.2, 0) is 13.0 Å². The summed E-state index contributed by atoms with van der Waals surface area (Å²) in [4.78, 5) is 0. The van der Waals surface area contributed by atoms with E-state index >= 15 is 0 Å². The fraction of sp³-hybridized carbons (Fsp3) is 0.429. The minimum absolute atomic E-state index is 0.269. The molecule has 0 fully saturated rings. The Kier molecular flexibility index (Phi) is 3.30. The molecule has 0 spiro atoms. The summed E-state index contributed by atoms with van der Waals surface area (Å²) in [5.41, 5.74) is 8.78. The van der Waals surface area contributed by atoms with Crippen LogP contribution in [0, 0.1) is 0 Å². The quantitative estimate of drug-likeness (QED) is 0.837. The lowest BCUT2D eigenvalue weighted by Gasteiger charge is -2.12. The topological polar surface area (TPSA) is 30.9 Å². The van der Waals surface area contributed by atoms with Gasteiger partial charge in [0.1, 0.15) is 0 Å². The summed E-state index contributed by atoms with van der Waals surface area (Å²) in [6.45, 7) is 5.33. The van der Waals surface area contributed by atoms with Crippen LogP contribution in [0.25, 0.3) is 10.9 Å². The predicted molar refractivity (Wildman–Crippen MR) is 69.6 cm³/mol. The summed E-state index contributed by atoms with van der Waals surface area (Å²) >= 11 is 0. The van der Waals surface area contributed by atoms with E-state index in [1.807, 2.05) is 0 Å². The summed E-state index contributed by atoms with van der Waals surface area (Å²) in [5.74, 6) is 0. The van der Waals surface area contributed by atoms with Crippen molar-refractivity contribution in [3.8, 4) is 0 Å². The van der Waals surface area contributed by atoms with Crippen LogP contribution in [0.2, 0.25) is 0 Å². The predicted octanol–water partition coefficient (Wildman–Crippen LogP) is 2.94. The van der Waals surface area contributed by atoms with E-state index in [0.717, 1.165) is 19.4 Å². The summed E-state index contributed by atoms with van der Waals surface area (Å²) < 4.78 is 2.30. The molecular formula is C14H20N2. The highest BCUT2D eigenvalue weighted by Gasteiger charge is 2.08. The first-order chi connectivity index (χ1) is 7.76. The second-order valence-corrected chi connectivity index (χ2v) is 4.33. The third kappa shape index (κ3) is 1.98. The number of aromatic nitrogens is 1. The number of hydrogen-bond donors (Lipinski definition) is 1. The maximum Gasteiger partial charge on any atom is 0.0513 e. The highest BCUT2D eigenvalue weighted by molar-refractivity contribution is 5.83. The largest absolute Gasteiger partial charge is 0.348 e. The number of nitrogens with zero attached hydrogens (tertiary/aromatic N) is 1.